The smallest absolute Gasteiger partial charge is 0.246 e. The van der Waals surface area contributed by atoms with E-state index in [-0.39, 0.29) is 12.3 Å². The third-order valence-electron chi connectivity index (χ3n) is 2.76. The molecule has 0 aliphatic heterocycles. The number of hydrazone groups is 1. The number of nitrogens with one attached hydrogen (secondary N) is 1. The van der Waals surface area contributed by atoms with E-state index in [1.165, 1.54) is 21.1 Å². The predicted molar refractivity (Wildman–Crippen MR) is 84.7 cm³/mol. The number of aromatic nitrogens is 1. The van der Waals surface area contributed by atoms with Gasteiger partial charge >= 0.3 is 0 Å². The van der Waals surface area contributed by atoms with Crippen LogP contribution in [0, 0.1) is 20.8 Å². The average Bonchev–Trinajstić information content (AvgIpc) is 2.92. The Hall–Kier alpha value is -1.53. The molecule has 0 bridgehead atoms. The van der Waals surface area contributed by atoms with E-state index in [9.17, 15) is 4.79 Å². The molecular formula is C14H17N3OS2. The zero-order valence-electron chi connectivity index (χ0n) is 12.0. The molecule has 106 valence electrons. The van der Waals surface area contributed by atoms with Gasteiger partial charge in [-0.2, -0.15) is 5.10 Å². The minimum absolute atomic E-state index is 0.136. The van der Waals surface area contributed by atoms with Crippen molar-refractivity contribution in [3.05, 3.63) is 37.5 Å². The van der Waals surface area contributed by atoms with E-state index in [4.69, 9.17) is 0 Å². The Labute approximate surface area is 126 Å². The SMILES string of the molecule is C/C(=N/NC(=O)Cc1nc(C)cs1)c1cc(C)sc1C. The van der Waals surface area contributed by atoms with Crippen LogP contribution in [0.5, 0.6) is 0 Å². The molecule has 1 amide bonds. The second-order valence-corrected chi connectivity index (χ2v) is 7.02. The van der Waals surface area contributed by atoms with E-state index in [2.05, 4.69) is 35.4 Å². The van der Waals surface area contributed by atoms with Crippen LogP contribution in [0.4, 0.5) is 0 Å². The monoisotopic (exact) mass is 307 g/mol. The Balaban J connectivity index is 1.98. The molecule has 4 nitrogen and oxygen atoms in total. The molecule has 0 aliphatic rings. The van der Waals surface area contributed by atoms with Crippen LogP contribution < -0.4 is 5.43 Å². The van der Waals surface area contributed by atoms with Gasteiger partial charge in [-0.15, -0.1) is 22.7 Å². The largest absolute Gasteiger partial charge is 0.273 e. The minimum atomic E-state index is -0.136. The Morgan fingerprint density at radius 1 is 1.40 bits per heavy atom. The van der Waals surface area contributed by atoms with Crippen molar-refractivity contribution >= 4 is 34.3 Å². The van der Waals surface area contributed by atoms with Crippen molar-refractivity contribution in [2.45, 2.75) is 34.1 Å². The van der Waals surface area contributed by atoms with Gasteiger partial charge in [0.25, 0.3) is 0 Å². The zero-order valence-corrected chi connectivity index (χ0v) is 13.6. The molecule has 20 heavy (non-hydrogen) atoms. The standard InChI is InChI=1S/C14H17N3OS2/c1-8-7-19-14(15-8)6-13(18)17-16-10(3)12-5-9(2)20-11(12)4/h5,7H,6H2,1-4H3,(H,17,18)/b16-10-. The normalized spacial score (nSPS) is 11.7. The summed E-state index contributed by atoms with van der Waals surface area (Å²) >= 11 is 3.23. The van der Waals surface area contributed by atoms with Crippen molar-refractivity contribution in [2.75, 3.05) is 0 Å². The molecular weight excluding hydrogens is 290 g/mol. The summed E-state index contributed by atoms with van der Waals surface area (Å²) in [5, 5.41) is 6.93. The molecule has 2 aromatic heterocycles. The zero-order chi connectivity index (χ0) is 14.7. The van der Waals surface area contributed by atoms with Gasteiger partial charge in [0, 0.05) is 26.4 Å². The lowest BCUT2D eigenvalue weighted by Gasteiger charge is -2.01. The van der Waals surface area contributed by atoms with Crippen LogP contribution in [0.3, 0.4) is 0 Å². The third-order valence-corrected chi connectivity index (χ3v) is 4.69. The lowest BCUT2D eigenvalue weighted by Crippen LogP contribution is -2.21. The number of hydrogen-bond acceptors (Lipinski definition) is 5. The van der Waals surface area contributed by atoms with Crippen molar-refractivity contribution in [1.82, 2.24) is 10.4 Å². The van der Waals surface area contributed by atoms with E-state index in [0.29, 0.717) is 0 Å². The first-order valence-corrected chi connectivity index (χ1v) is 7.97. The number of hydrogen-bond donors (Lipinski definition) is 1. The van der Waals surface area contributed by atoms with Gasteiger partial charge in [0.2, 0.25) is 5.91 Å². The summed E-state index contributed by atoms with van der Waals surface area (Å²) in [6.45, 7) is 7.95. The first kappa shape index (κ1) is 14.9. The molecule has 0 saturated carbocycles. The molecule has 1 N–H and O–H groups in total. The molecule has 6 heteroatoms. The van der Waals surface area contributed by atoms with Gasteiger partial charge in [0.1, 0.15) is 5.01 Å². The van der Waals surface area contributed by atoms with Crippen molar-refractivity contribution in [1.29, 1.82) is 0 Å². The first-order chi connectivity index (χ1) is 9.45. The van der Waals surface area contributed by atoms with Crippen LogP contribution in [-0.4, -0.2) is 16.6 Å². The Kier molecular flexibility index (Phi) is 4.67. The fourth-order valence-electron chi connectivity index (χ4n) is 1.86. The summed E-state index contributed by atoms with van der Waals surface area (Å²) in [5.41, 5.74) is 5.47. The van der Waals surface area contributed by atoms with Crippen LogP contribution in [0.25, 0.3) is 0 Å². The van der Waals surface area contributed by atoms with E-state index in [1.54, 1.807) is 11.3 Å². The van der Waals surface area contributed by atoms with Gasteiger partial charge in [-0.1, -0.05) is 0 Å². The van der Waals surface area contributed by atoms with Gasteiger partial charge in [0.15, 0.2) is 0 Å². The molecule has 2 rings (SSSR count). The number of carbonyl (C=O) groups excluding carboxylic acids is 1. The molecule has 0 spiro atoms. The molecule has 0 radical (unpaired) electrons. The summed E-state index contributed by atoms with van der Waals surface area (Å²) in [5.74, 6) is -0.136. The molecule has 0 unspecified atom stereocenters. The Morgan fingerprint density at radius 3 is 2.70 bits per heavy atom. The molecule has 0 fully saturated rings. The molecule has 0 aromatic carbocycles. The van der Waals surface area contributed by atoms with Crippen molar-refractivity contribution < 1.29 is 4.79 Å². The summed E-state index contributed by atoms with van der Waals surface area (Å²) in [6.07, 6.45) is 0.275. The van der Waals surface area contributed by atoms with Gasteiger partial charge in [-0.3, -0.25) is 4.79 Å². The Bertz CT molecular complexity index is 655. The van der Waals surface area contributed by atoms with Gasteiger partial charge in [0.05, 0.1) is 12.1 Å². The van der Waals surface area contributed by atoms with Crippen LogP contribution >= 0.6 is 22.7 Å². The molecule has 0 aliphatic carbocycles. The van der Waals surface area contributed by atoms with Gasteiger partial charge in [-0.25, -0.2) is 10.4 Å². The summed E-state index contributed by atoms with van der Waals surface area (Å²) in [7, 11) is 0. The summed E-state index contributed by atoms with van der Waals surface area (Å²) < 4.78 is 0. The van der Waals surface area contributed by atoms with Crippen LogP contribution in [0.15, 0.2) is 16.5 Å². The van der Waals surface area contributed by atoms with Crippen LogP contribution in [0.2, 0.25) is 0 Å². The third kappa shape index (κ3) is 3.74. The second-order valence-electron chi connectivity index (χ2n) is 4.62. The van der Waals surface area contributed by atoms with Gasteiger partial charge in [-0.05, 0) is 33.8 Å². The van der Waals surface area contributed by atoms with E-state index >= 15 is 0 Å². The maximum absolute atomic E-state index is 11.8. The molecule has 2 aromatic rings. The number of thiophene rings is 1. The first-order valence-electron chi connectivity index (χ1n) is 6.27. The number of amides is 1. The number of carbonyl (C=O) groups is 1. The minimum Gasteiger partial charge on any atom is -0.273 e. The lowest BCUT2D eigenvalue weighted by molar-refractivity contribution is -0.120. The van der Waals surface area contributed by atoms with Crippen molar-refractivity contribution in [3.8, 4) is 0 Å². The Morgan fingerprint density at radius 2 is 2.15 bits per heavy atom. The van der Waals surface area contributed by atoms with Crippen LogP contribution in [0.1, 0.15) is 32.9 Å². The molecule has 0 atom stereocenters. The highest BCUT2D eigenvalue weighted by molar-refractivity contribution is 7.12. The fourth-order valence-corrected chi connectivity index (χ4v) is 3.60. The second kappa shape index (κ2) is 6.28. The van der Waals surface area contributed by atoms with E-state index in [0.717, 1.165) is 22.0 Å². The predicted octanol–water partition coefficient (Wildman–Crippen LogP) is 3.21. The number of aryl methyl sites for hydroxylation is 3. The lowest BCUT2D eigenvalue weighted by atomic mass is 10.2. The highest BCUT2D eigenvalue weighted by atomic mass is 32.1. The maximum atomic E-state index is 11.8. The summed E-state index contributed by atoms with van der Waals surface area (Å²) in [4.78, 5) is 18.5. The summed E-state index contributed by atoms with van der Waals surface area (Å²) in [6, 6.07) is 2.09. The number of nitrogens with zero attached hydrogens (tertiary/aromatic N) is 2. The highest BCUT2D eigenvalue weighted by Gasteiger charge is 2.08. The van der Waals surface area contributed by atoms with Crippen molar-refractivity contribution in [2.24, 2.45) is 5.10 Å². The van der Waals surface area contributed by atoms with Gasteiger partial charge < -0.3 is 0 Å². The van der Waals surface area contributed by atoms with Crippen LogP contribution in [-0.2, 0) is 11.2 Å². The van der Waals surface area contributed by atoms with E-state index < -0.39 is 0 Å². The maximum Gasteiger partial charge on any atom is 0.246 e. The van der Waals surface area contributed by atoms with E-state index in [1.807, 2.05) is 19.2 Å². The quantitative estimate of drug-likeness (QED) is 0.696. The topological polar surface area (TPSA) is 54.4 Å². The number of thiazole rings is 1. The van der Waals surface area contributed by atoms with Crippen molar-refractivity contribution in [3.63, 3.8) is 0 Å². The number of rotatable bonds is 4. The fraction of sp³-hybridized carbons (Fsp3) is 0.357. The molecule has 0 saturated heterocycles. The highest BCUT2D eigenvalue weighted by Crippen LogP contribution is 2.21. The average molecular weight is 307 g/mol. The molecule has 2 heterocycles.